The van der Waals surface area contributed by atoms with Gasteiger partial charge in [0.2, 0.25) is 5.91 Å². The number of amides is 1. The van der Waals surface area contributed by atoms with Gasteiger partial charge in [-0.3, -0.25) is 9.69 Å². The third-order valence-electron chi connectivity index (χ3n) is 2.15. The molecular weight excluding hydrogens is 156 g/mol. The van der Waals surface area contributed by atoms with Gasteiger partial charge in [0.25, 0.3) is 0 Å². The molecule has 4 heteroatoms. The Morgan fingerprint density at radius 3 is 2.58 bits per heavy atom. The van der Waals surface area contributed by atoms with Gasteiger partial charge < -0.3 is 10.8 Å². The van der Waals surface area contributed by atoms with Gasteiger partial charge >= 0.3 is 0 Å². The first-order valence-corrected chi connectivity index (χ1v) is 4.15. The molecule has 0 radical (unpaired) electrons. The zero-order valence-corrected chi connectivity index (χ0v) is 7.58. The summed E-state index contributed by atoms with van der Waals surface area (Å²) in [6.07, 6.45) is 0. The van der Waals surface area contributed by atoms with E-state index in [9.17, 15) is 9.90 Å². The number of primary amides is 1. The topological polar surface area (TPSA) is 66.6 Å². The monoisotopic (exact) mass is 172 g/mol. The van der Waals surface area contributed by atoms with Crippen molar-refractivity contribution in [2.24, 2.45) is 11.7 Å². The largest absolute Gasteiger partial charge is 0.388 e. The molecule has 1 heterocycles. The molecule has 1 saturated heterocycles. The smallest absolute Gasteiger partial charge is 0.221 e. The predicted molar refractivity (Wildman–Crippen MR) is 45.4 cm³/mol. The van der Waals surface area contributed by atoms with Crippen molar-refractivity contribution >= 4 is 5.91 Å². The Kier molecular flexibility index (Phi) is 2.39. The van der Waals surface area contributed by atoms with Gasteiger partial charge in [-0.05, 0) is 6.92 Å². The van der Waals surface area contributed by atoms with Crippen LogP contribution in [0.25, 0.3) is 0 Å². The summed E-state index contributed by atoms with van der Waals surface area (Å²) in [7, 11) is 0. The van der Waals surface area contributed by atoms with Crippen molar-refractivity contribution in [3.05, 3.63) is 0 Å². The van der Waals surface area contributed by atoms with Crippen LogP contribution in [-0.2, 0) is 4.79 Å². The third kappa shape index (κ3) is 2.19. The molecule has 1 atom stereocenters. The van der Waals surface area contributed by atoms with Gasteiger partial charge in [0.05, 0.1) is 5.60 Å². The molecule has 0 aromatic rings. The van der Waals surface area contributed by atoms with Crippen molar-refractivity contribution in [2.45, 2.75) is 19.4 Å². The highest BCUT2D eigenvalue weighted by molar-refractivity contribution is 5.76. The van der Waals surface area contributed by atoms with Crippen LogP contribution in [0.4, 0.5) is 0 Å². The molecule has 0 aromatic heterocycles. The first-order valence-electron chi connectivity index (χ1n) is 4.15. The molecule has 1 fully saturated rings. The van der Waals surface area contributed by atoms with E-state index in [1.807, 2.05) is 4.90 Å². The molecular formula is C8H16N2O2. The summed E-state index contributed by atoms with van der Waals surface area (Å²) in [4.78, 5) is 12.7. The number of carbonyl (C=O) groups excluding carboxylic acids is 1. The molecule has 1 amide bonds. The van der Waals surface area contributed by atoms with E-state index in [4.69, 9.17) is 5.73 Å². The highest BCUT2D eigenvalue weighted by atomic mass is 16.3. The molecule has 0 aromatic carbocycles. The Morgan fingerprint density at radius 1 is 1.75 bits per heavy atom. The Balaban J connectivity index is 2.23. The number of nitrogens with two attached hydrogens (primary N) is 1. The van der Waals surface area contributed by atoms with E-state index in [1.54, 1.807) is 13.8 Å². The van der Waals surface area contributed by atoms with Gasteiger partial charge in [0.15, 0.2) is 0 Å². The predicted octanol–water partition coefficient (Wildman–Crippen LogP) is -0.826. The lowest BCUT2D eigenvalue weighted by atomic mass is 9.95. The number of nitrogens with zero attached hydrogens (tertiary/aromatic N) is 1. The van der Waals surface area contributed by atoms with E-state index in [0.717, 1.165) is 0 Å². The van der Waals surface area contributed by atoms with Crippen molar-refractivity contribution in [3.63, 3.8) is 0 Å². The average molecular weight is 172 g/mol. The Bertz CT molecular complexity index is 183. The minimum atomic E-state index is -0.558. The average Bonchev–Trinajstić information content (AvgIpc) is 1.83. The summed E-state index contributed by atoms with van der Waals surface area (Å²) >= 11 is 0. The van der Waals surface area contributed by atoms with Crippen LogP contribution in [-0.4, -0.2) is 41.1 Å². The number of carbonyl (C=O) groups is 1. The highest BCUT2D eigenvalue weighted by Gasteiger charge is 2.37. The minimum Gasteiger partial charge on any atom is -0.388 e. The third-order valence-corrected chi connectivity index (χ3v) is 2.15. The normalized spacial score (nSPS) is 24.6. The summed E-state index contributed by atoms with van der Waals surface area (Å²) in [5, 5.41) is 9.38. The first kappa shape index (κ1) is 9.48. The lowest BCUT2D eigenvalue weighted by Gasteiger charge is -2.44. The molecule has 3 N–H and O–H groups in total. The maximum Gasteiger partial charge on any atom is 0.221 e. The second-order valence-electron chi connectivity index (χ2n) is 3.97. The number of rotatable bonds is 3. The van der Waals surface area contributed by atoms with Gasteiger partial charge in [-0.15, -0.1) is 0 Å². The van der Waals surface area contributed by atoms with E-state index >= 15 is 0 Å². The van der Waals surface area contributed by atoms with Crippen molar-refractivity contribution in [1.29, 1.82) is 0 Å². The van der Waals surface area contributed by atoms with Crippen LogP contribution in [0.1, 0.15) is 13.8 Å². The summed E-state index contributed by atoms with van der Waals surface area (Å²) in [6.45, 7) is 5.54. The summed E-state index contributed by atoms with van der Waals surface area (Å²) in [5.41, 5.74) is 4.54. The molecule has 70 valence electrons. The van der Waals surface area contributed by atoms with Crippen LogP contribution in [0.5, 0.6) is 0 Å². The Labute approximate surface area is 72.3 Å². The van der Waals surface area contributed by atoms with Crippen LogP contribution in [0.3, 0.4) is 0 Å². The van der Waals surface area contributed by atoms with E-state index < -0.39 is 5.60 Å². The maximum absolute atomic E-state index is 10.7. The highest BCUT2D eigenvalue weighted by Crippen LogP contribution is 2.20. The van der Waals surface area contributed by atoms with Crippen molar-refractivity contribution in [1.82, 2.24) is 4.90 Å². The minimum absolute atomic E-state index is 0.124. The van der Waals surface area contributed by atoms with Crippen LogP contribution < -0.4 is 5.73 Å². The first-order chi connectivity index (χ1) is 5.41. The van der Waals surface area contributed by atoms with E-state index in [2.05, 4.69) is 0 Å². The van der Waals surface area contributed by atoms with Gasteiger partial charge in [0.1, 0.15) is 0 Å². The van der Waals surface area contributed by atoms with Gasteiger partial charge in [-0.25, -0.2) is 0 Å². The SMILES string of the molecule is CC(CN1CC(C)(O)C1)C(N)=O. The molecule has 0 aliphatic carbocycles. The van der Waals surface area contributed by atoms with Crippen LogP contribution in [0.2, 0.25) is 0 Å². The number of hydrogen-bond donors (Lipinski definition) is 2. The fraction of sp³-hybridized carbons (Fsp3) is 0.875. The molecule has 1 aliphatic rings. The quantitative estimate of drug-likeness (QED) is 0.584. The molecule has 1 unspecified atom stereocenters. The number of β-amino-alcohol motifs (C(OH)–C–C–N with tert-alkyl or cyclic N) is 1. The summed E-state index contributed by atoms with van der Waals surface area (Å²) in [6, 6.07) is 0. The van der Waals surface area contributed by atoms with Crippen LogP contribution >= 0.6 is 0 Å². The Hall–Kier alpha value is -0.610. The van der Waals surface area contributed by atoms with Crippen molar-refractivity contribution < 1.29 is 9.90 Å². The molecule has 0 saturated carbocycles. The fourth-order valence-electron chi connectivity index (χ4n) is 1.52. The zero-order valence-electron chi connectivity index (χ0n) is 7.58. The lowest BCUT2D eigenvalue weighted by Crippen LogP contribution is -2.61. The molecule has 4 nitrogen and oxygen atoms in total. The molecule has 12 heavy (non-hydrogen) atoms. The molecule has 1 rings (SSSR count). The maximum atomic E-state index is 10.7. The van der Waals surface area contributed by atoms with Crippen molar-refractivity contribution in [3.8, 4) is 0 Å². The second-order valence-corrected chi connectivity index (χ2v) is 3.97. The van der Waals surface area contributed by atoms with E-state index in [-0.39, 0.29) is 11.8 Å². The van der Waals surface area contributed by atoms with Crippen molar-refractivity contribution in [2.75, 3.05) is 19.6 Å². The number of hydrogen-bond acceptors (Lipinski definition) is 3. The zero-order chi connectivity index (χ0) is 9.35. The molecule has 0 bridgehead atoms. The van der Waals surface area contributed by atoms with E-state index in [0.29, 0.717) is 19.6 Å². The van der Waals surface area contributed by atoms with Gasteiger partial charge in [-0.1, -0.05) is 6.92 Å². The van der Waals surface area contributed by atoms with Crippen LogP contribution in [0, 0.1) is 5.92 Å². The van der Waals surface area contributed by atoms with Gasteiger partial charge in [-0.2, -0.15) is 0 Å². The fourth-order valence-corrected chi connectivity index (χ4v) is 1.52. The molecule has 0 spiro atoms. The standard InChI is InChI=1S/C8H16N2O2/c1-6(7(9)11)3-10-4-8(2,12)5-10/h6,12H,3-5H2,1-2H3,(H2,9,11). The summed E-state index contributed by atoms with van der Waals surface area (Å²) in [5.74, 6) is -0.400. The summed E-state index contributed by atoms with van der Waals surface area (Å²) < 4.78 is 0. The Morgan fingerprint density at radius 2 is 2.25 bits per heavy atom. The van der Waals surface area contributed by atoms with Crippen LogP contribution in [0.15, 0.2) is 0 Å². The number of likely N-dealkylation sites (tertiary alicyclic amines) is 1. The lowest BCUT2D eigenvalue weighted by molar-refractivity contribution is -0.126. The second kappa shape index (κ2) is 3.03. The van der Waals surface area contributed by atoms with Gasteiger partial charge in [0, 0.05) is 25.6 Å². The van der Waals surface area contributed by atoms with E-state index in [1.165, 1.54) is 0 Å². The number of aliphatic hydroxyl groups is 1. The molecule has 1 aliphatic heterocycles.